The number of hydrogen-bond acceptors (Lipinski definition) is 5. The van der Waals surface area contributed by atoms with Crippen LogP contribution in [-0.4, -0.2) is 57.6 Å². The lowest BCUT2D eigenvalue weighted by Gasteiger charge is -2.22. The van der Waals surface area contributed by atoms with Gasteiger partial charge in [-0.05, 0) is 81.2 Å². The van der Waals surface area contributed by atoms with Gasteiger partial charge in [-0.3, -0.25) is 4.79 Å². The van der Waals surface area contributed by atoms with Crippen LogP contribution < -0.4 is 15.0 Å². The van der Waals surface area contributed by atoms with Gasteiger partial charge in [0.05, 0.1) is 12.3 Å². The number of carbonyl (C=O) groups is 1. The van der Waals surface area contributed by atoms with E-state index in [-0.39, 0.29) is 5.82 Å². The maximum absolute atomic E-state index is 14.8. The van der Waals surface area contributed by atoms with Crippen molar-refractivity contribution < 1.29 is 13.9 Å². The van der Waals surface area contributed by atoms with Crippen LogP contribution >= 0.6 is 0 Å². The third kappa shape index (κ3) is 6.45. The summed E-state index contributed by atoms with van der Waals surface area (Å²) in [5.74, 6) is 1.16. The van der Waals surface area contributed by atoms with Crippen molar-refractivity contribution in [1.29, 1.82) is 0 Å². The smallest absolute Gasteiger partial charge is 0.150 e. The highest BCUT2D eigenvalue weighted by Gasteiger charge is 2.25. The number of aldehydes is 1. The lowest BCUT2D eigenvalue weighted by molar-refractivity contribution is 0.112. The van der Waals surface area contributed by atoms with Crippen LogP contribution in [0.1, 0.15) is 42.6 Å². The van der Waals surface area contributed by atoms with Gasteiger partial charge >= 0.3 is 0 Å². The minimum Gasteiger partial charge on any atom is -0.494 e. The van der Waals surface area contributed by atoms with Crippen LogP contribution in [0.5, 0.6) is 5.75 Å². The molecule has 1 saturated heterocycles. The molecule has 0 amide bonds. The molecule has 32 heavy (non-hydrogen) atoms. The van der Waals surface area contributed by atoms with Gasteiger partial charge in [0.25, 0.3) is 0 Å². The number of anilines is 2. The van der Waals surface area contributed by atoms with Crippen LogP contribution in [0.4, 0.5) is 15.8 Å². The molecule has 3 rings (SSSR count). The van der Waals surface area contributed by atoms with Gasteiger partial charge in [-0.15, -0.1) is 0 Å². The second-order valence-electron chi connectivity index (χ2n) is 9.20. The average molecular weight is 442 g/mol. The third-order valence-electron chi connectivity index (χ3n) is 6.11. The van der Waals surface area contributed by atoms with E-state index in [1.165, 1.54) is 0 Å². The maximum Gasteiger partial charge on any atom is 0.150 e. The molecule has 1 aliphatic heterocycles. The van der Waals surface area contributed by atoms with Gasteiger partial charge in [0.1, 0.15) is 17.9 Å². The number of rotatable bonds is 11. The average Bonchev–Trinajstić information content (AvgIpc) is 3.24. The van der Waals surface area contributed by atoms with Gasteiger partial charge in [-0.2, -0.15) is 0 Å². The highest BCUT2D eigenvalue weighted by atomic mass is 19.1. The largest absolute Gasteiger partial charge is 0.494 e. The molecule has 2 aromatic rings. The Morgan fingerprint density at radius 3 is 2.72 bits per heavy atom. The van der Waals surface area contributed by atoms with E-state index in [4.69, 9.17) is 4.74 Å². The molecule has 1 N–H and O–H groups in total. The second kappa shape index (κ2) is 11.3. The SMILES string of the molecule is CC(C)CCOc1ccc(C=O)c(CCNc2ccc(N3CC[C@@H](N(C)C)C3)c(F)c2)c1. The van der Waals surface area contributed by atoms with Crippen molar-refractivity contribution in [3.8, 4) is 5.75 Å². The van der Waals surface area contributed by atoms with Crippen molar-refractivity contribution in [2.45, 2.75) is 39.2 Å². The van der Waals surface area contributed by atoms with Crippen LogP contribution in [-0.2, 0) is 6.42 Å². The second-order valence-corrected chi connectivity index (χ2v) is 9.20. The zero-order chi connectivity index (χ0) is 23.1. The summed E-state index contributed by atoms with van der Waals surface area (Å²) in [7, 11) is 4.14. The predicted octanol–water partition coefficient (Wildman–Crippen LogP) is 4.86. The molecule has 0 unspecified atom stereocenters. The van der Waals surface area contributed by atoms with Crippen molar-refractivity contribution in [2.75, 3.05) is 50.6 Å². The molecule has 174 valence electrons. The quantitative estimate of drug-likeness (QED) is 0.505. The molecule has 0 aromatic heterocycles. The van der Waals surface area contributed by atoms with Gasteiger partial charge in [-0.1, -0.05) is 13.8 Å². The first-order valence-electron chi connectivity index (χ1n) is 11.5. The summed E-state index contributed by atoms with van der Waals surface area (Å²) in [6.07, 6.45) is 3.56. The van der Waals surface area contributed by atoms with E-state index in [0.29, 0.717) is 42.8 Å². The fourth-order valence-electron chi connectivity index (χ4n) is 4.01. The molecule has 0 saturated carbocycles. The van der Waals surface area contributed by atoms with Gasteiger partial charge in [0.2, 0.25) is 0 Å². The van der Waals surface area contributed by atoms with Gasteiger partial charge in [0.15, 0.2) is 0 Å². The topological polar surface area (TPSA) is 44.8 Å². The normalized spacial score (nSPS) is 16.1. The van der Waals surface area contributed by atoms with Crippen LogP contribution in [0.25, 0.3) is 0 Å². The zero-order valence-corrected chi connectivity index (χ0v) is 19.7. The van der Waals surface area contributed by atoms with E-state index in [1.54, 1.807) is 12.1 Å². The fourth-order valence-corrected chi connectivity index (χ4v) is 4.01. The Bertz CT molecular complexity index is 901. The van der Waals surface area contributed by atoms with Gasteiger partial charge < -0.3 is 19.9 Å². The van der Waals surface area contributed by atoms with Gasteiger partial charge in [0, 0.05) is 36.9 Å². The summed E-state index contributed by atoms with van der Waals surface area (Å²) in [4.78, 5) is 15.7. The molecule has 1 aliphatic rings. The van der Waals surface area contributed by atoms with Crippen molar-refractivity contribution in [2.24, 2.45) is 5.92 Å². The minimum absolute atomic E-state index is 0.205. The zero-order valence-electron chi connectivity index (χ0n) is 19.7. The molecule has 0 radical (unpaired) electrons. The fraction of sp³-hybridized carbons (Fsp3) is 0.500. The van der Waals surface area contributed by atoms with E-state index in [9.17, 15) is 9.18 Å². The Balaban J connectivity index is 1.57. The molecule has 0 bridgehead atoms. The first-order valence-corrected chi connectivity index (χ1v) is 11.5. The summed E-state index contributed by atoms with van der Waals surface area (Å²) in [5.41, 5.74) is 2.99. The summed E-state index contributed by atoms with van der Waals surface area (Å²) in [6.45, 7) is 7.31. The number of ether oxygens (including phenoxy) is 1. The van der Waals surface area contributed by atoms with Crippen molar-refractivity contribution >= 4 is 17.7 Å². The van der Waals surface area contributed by atoms with E-state index in [1.807, 2.05) is 24.3 Å². The van der Waals surface area contributed by atoms with Crippen LogP contribution in [0.3, 0.4) is 0 Å². The molecular formula is C26H36FN3O2. The van der Waals surface area contributed by atoms with E-state index in [2.05, 4.69) is 43.1 Å². The van der Waals surface area contributed by atoms with Crippen molar-refractivity contribution in [3.63, 3.8) is 0 Å². The number of halogens is 1. The van der Waals surface area contributed by atoms with Crippen LogP contribution in [0.2, 0.25) is 0 Å². The maximum atomic E-state index is 14.8. The molecule has 2 aromatic carbocycles. The molecule has 1 fully saturated rings. The monoisotopic (exact) mass is 441 g/mol. The highest BCUT2D eigenvalue weighted by molar-refractivity contribution is 5.77. The number of hydrogen-bond donors (Lipinski definition) is 1. The third-order valence-corrected chi connectivity index (χ3v) is 6.11. The summed E-state index contributed by atoms with van der Waals surface area (Å²) in [6, 6.07) is 11.4. The predicted molar refractivity (Wildman–Crippen MR) is 130 cm³/mol. The first-order chi connectivity index (χ1) is 15.4. The van der Waals surface area contributed by atoms with Crippen LogP contribution in [0, 0.1) is 11.7 Å². The Hall–Kier alpha value is -2.60. The molecule has 0 aliphatic carbocycles. The summed E-state index contributed by atoms with van der Waals surface area (Å²) in [5, 5.41) is 3.28. The number of nitrogens with one attached hydrogen (secondary N) is 1. The molecular weight excluding hydrogens is 405 g/mol. The lowest BCUT2D eigenvalue weighted by atomic mass is 10.0. The standard InChI is InChI=1S/C26H36FN3O2/c1-19(2)11-14-32-24-7-5-21(18-31)20(15-24)9-12-28-22-6-8-26(25(27)16-22)30-13-10-23(17-30)29(3)4/h5-8,15-16,18-19,23,28H,9-14,17H2,1-4H3/t23-/m1/s1. The molecule has 1 atom stereocenters. The Labute approximate surface area is 191 Å². The van der Waals surface area contributed by atoms with Gasteiger partial charge in [-0.25, -0.2) is 4.39 Å². The lowest BCUT2D eigenvalue weighted by Crippen LogP contribution is -2.31. The number of likely N-dealkylation sites (N-methyl/N-ethyl adjacent to an activating group) is 1. The molecule has 0 spiro atoms. The highest BCUT2D eigenvalue weighted by Crippen LogP contribution is 2.27. The minimum atomic E-state index is -0.205. The first kappa shape index (κ1) is 24.1. The Morgan fingerprint density at radius 1 is 1.25 bits per heavy atom. The molecule has 6 heteroatoms. The van der Waals surface area contributed by atoms with E-state index >= 15 is 0 Å². The Kier molecular flexibility index (Phi) is 8.51. The summed E-state index contributed by atoms with van der Waals surface area (Å²) < 4.78 is 20.6. The van der Waals surface area contributed by atoms with Crippen LogP contribution in [0.15, 0.2) is 36.4 Å². The number of carbonyl (C=O) groups excluding carboxylic acids is 1. The molecule has 5 nitrogen and oxygen atoms in total. The van der Waals surface area contributed by atoms with Crippen molar-refractivity contribution in [1.82, 2.24) is 4.90 Å². The number of nitrogens with zero attached hydrogens (tertiary/aromatic N) is 2. The molecule has 1 heterocycles. The summed E-state index contributed by atoms with van der Waals surface area (Å²) >= 11 is 0. The van der Waals surface area contributed by atoms with E-state index in [0.717, 1.165) is 49.2 Å². The van der Waals surface area contributed by atoms with Crippen molar-refractivity contribution in [3.05, 3.63) is 53.3 Å². The van der Waals surface area contributed by atoms with E-state index < -0.39 is 0 Å². The number of benzene rings is 2. The Morgan fingerprint density at radius 2 is 2.06 bits per heavy atom.